The lowest BCUT2D eigenvalue weighted by Crippen LogP contribution is -1.86. The van der Waals surface area contributed by atoms with Crippen molar-refractivity contribution in [1.82, 2.24) is 0 Å². The lowest BCUT2D eigenvalue weighted by atomic mass is 10.1. The second kappa shape index (κ2) is 11.4. The predicted molar refractivity (Wildman–Crippen MR) is 82.9 cm³/mol. The van der Waals surface area contributed by atoms with Crippen LogP contribution in [0.2, 0.25) is 0 Å². The number of hydrogen-bond acceptors (Lipinski definition) is 2. The van der Waals surface area contributed by atoms with E-state index in [0.717, 1.165) is 12.0 Å². The van der Waals surface area contributed by atoms with Gasteiger partial charge in [-0.3, -0.25) is 0 Å². The molecule has 0 aliphatic rings. The summed E-state index contributed by atoms with van der Waals surface area (Å²) in [6, 6.07) is 5.27. The molecule has 0 fully saturated rings. The predicted octanol–water partition coefficient (Wildman–Crippen LogP) is 4.88. The summed E-state index contributed by atoms with van der Waals surface area (Å²) in [7, 11) is 1.53. The van der Waals surface area contributed by atoms with Gasteiger partial charge in [0, 0.05) is 0 Å². The van der Waals surface area contributed by atoms with Gasteiger partial charge in [0.1, 0.15) is 0 Å². The van der Waals surface area contributed by atoms with Crippen LogP contribution >= 0.6 is 0 Å². The molecule has 0 bridgehead atoms. The van der Waals surface area contributed by atoms with E-state index in [1.165, 1.54) is 26.4 Å². The van der Waals surface area contributed by atoms with Gasteiger partial charge in [0.25, 0.3) is 0 Å². The van der Waals surface area contributed by atoms with Crippen LogP contribution in [0.15, 0.2) is 43.0 Å². The molecule has 2 nitrogen and oxygen atoms in total. The molecule has 0 aromatic heterocycles. The fourth-order valence-electron chi connectivity index (χ4n) is 1.50. The summed E-state index contributed by atoms with van der Waals surface area (Å²) in [5.74, 6) is 0.680. The molecule has 0 saturated heterocycles. The zero-order valence-electron chi connectivity index (χ0n) is 12.4. The molecule has 1 rings (SSSR count). The minimum atomic E-state index is 0.172. The number of ether oxygens (including phenoxy) is 1. The summed E-state index contributed by atoms with van der Waals surface area (Å²) >= 11 is 0. The Morgan fingerprint density at radius 1 is 1.37 bits per heavy atom. The first kappa shape index (κ1) is 17.3. The Balaban J connectivity index is 0.000000399. The van der Waals surface area contributed by atoms with Crippen molar-refractivity contribution in [3.63, 3.8) is 0 Å². The van der Waals surface area contributed by atoms with E-state index in [-0.39, 0.29) is 5.75 Å². The number of rotatable bonds is 6. The average Bonchev–Trinajstić information content (AvgIpc) is 2.42. The van der Waals surface area contributed by atoms with Gasteiger partial charge < -0.3 is 9.84 Å². The number of methoxy groups -OCH3 is 1. The van der Waals surface area contributed by atoms with E-state index < -0.39 is 0 Å². The highest BCUT2D eigenvalue weighted by Gasteiger charge is 2.00. The van der Waals surface area contributed by atoms with Crippen LogP contribution in [-0.2, 0) is 6.42 Å². The third-order valence-electron chi connectivity index (χ3n) is 2.58. The minimum Gasteiger partial charge on any atom is -0.504 e. The first-order valence-electron chi connectivity index (χ1n) is 6.77. The molecule has 0 radical (unpaired) electrons. The number of allylic oxidation sites excluding steroid dienone is 3. The smallest absolute Gasteiger partial charge is 0.160 e. The fraction of sp³-hybridized carbons (Fsp3) is 0.412. The molecule has 1 aromatic rings. The van der Waals surface area contributed by atoms with Crippen LogP contribution in [0.3, 0.4) is 0 Å². The normalized spacial score (nSPS) is 9.84. The van der Waals surface area contributed by atoms with Gasteiger partial charge >= 0.3 is 0 Å². The monoisotopic (exact) mass is 262 g/mol. The molecule has 2 heteroatoms. The Labute approximate surface area is 117 Å². The van der Waals surface area contributed by atoms with Crippen LogP contribution < -0.4 is 4.74 Å². The zero-order valence-corrected chi connectivity index (χ0v) is 12.4. The molecule has 106 valence electrons. The molecule has 0 aliphatic carbocycles. The van der Waals surface area contributed by atoms with E-state index in [1.54, 1.807) is 12.1 Å². The molecule has 19 heavy (non-hydrogen) atoms. The van der Waals surface area contributed by atoms with Crippen LogP contribution in [0.25, 0.3) is 0 Å². The summed E-state index contributed by atoms with van der Waals surface area (Å²) in [5, 5.41) is 9.25. The van der Waals surface area contributed by atoms with Gasteiger partial charge in [0.2, 0.25) is 0 Å². The van der Waals surface area contributed by atoms with Gasteiger partial charge in [-0.2, -0.15) is 0 Å². The van der Waals surface area contributed by atoms with Crippen molar-refractivity contribution in [3.05, 3.63) is 48.6 Å². The zero-order chi connectivity index (χ0) is 14.5. The van der Waals surface area contributed by atoms with Crippen molar-refractivity contribution in [2.45, 2.75) is 39.5 Å². The molecule has 0 heterocycles. The van der Waals surface area contributed by atoms with Crippen LogP contribution in [0.5, 0.6) is 11.5 Å². The molecule has 0 unspecified atom stereocenters. The van der Waals surface area contributed by atoms with Gasteiger partial charge in [0.05, 0.1) is 7.11 Å². The number of phenolic OH excluding ortho intramolecular Hbond substituents is 1. The molecule has 0 spiro atoms. The highest BCUT2D eigenvalue weighted by Crippen LogP contribution is 2.26. The lowest BCUT2D eigenvalue weighted by molar-refractivity contribution is 0.373. The van der Waals surface area contributed by atoms with Gasteiger partial charge in [-0.15, -0.1) is 6.58 Å². The third-order valence-corrected chi connectivity index (χ3v) is 2.58. The van der Waals surface area contributed by atoms with E-state index in [1.807, 2.05) is 12.1 Å². The molecular weight excluding hydrogens is 236 g/mol. The Bertz CT molecular complexity index is 381. The molecule has 1 N–H and O–H groups in total. The Morgan fingerprint density at radius 3 is 2.63 bits per heavy atom. The summed E-state index contributed by atoms with van der Waals surface area (Å²) in [6.07, 6.45) is 10.8. The maximum atomic E-state index is 9.25. The van der Waals surface area contributed by atoms with Gasteiger partial charge in [-0.1, -0.05) is 44.1 Å². The van der Waals surface area contributed by atoms with Gasteiger partial charge in [-0.25, -0.2) is 0 Å². The van der Waals surface area contributed by atoms with Crippen molar-refractivity contribution < 1.29 is 9.84 Å². The second-order valence-corrected chi connectivity index (χ2v) is 4.21. The standard InChI is InChI=1S/C10H12O2.C7H14/c1-3-4-8-5-6-9(11)10(7-8)12-2;1-3-5-7-6-4-2/h3,5-7,11H,1,4H2,2H3;3,5H,4,6-7H2,1-2H3. The van der Waals surface area contributed by atoms with E-state index in [4.69, 9.17) is 4.74 Å². The van der Waals surface area contributed by atoms with E-state index in [9.17, 15) is 5.11 Å². The summed E-state index contributed by atoms with van der Waals surface area (Å²) in [5.41, 5.74) is 1.08. The maximum Gasteiger partial charge on any atom is 0.160 e. The van der Waals surface area contributed by atoms with Crippen LogP contribution in [0, 0.1) is 0 Å². The number of hydrogen-bond donors (Lipinski definition) is 1. The molecule has 0 saturated carbocycles. The quantitative estimate of drug-likeness (QED) is 0.584. The molecule has 0 atom stereocenters. The number of unbranched alkanes of at least 4 members (excludes halogenated alkanes) is 2. The maximum absolute atomic E-state index is 9.25. The van der Waals surface area contributed by atoms with Crippen LogP contribution in [0.1, 0.15) is 38.7 Å². The molecule has 1 aromatic carbocycles. The average molecular weight is 262 g/mol. The largest absolute Gasteiger partial charge is 0.504 e. The summed E-state index contributed by atoms with van der Waals surface area (Å²) < 4.78 is 4.95. The molecule has 0 amide bonds. The highest BCUT2D eigenvalue weighted by molar-refractivity contribution is 5.42. The van der Waals surface area contributed by atoms with Crippen molar-refractivity contribution in [3.8, 4) is 11.5 Å². The Kier molecular flexibility index (Phi) is 10.4. The first-order valence-corrected chi connectivity index (χ1v) is 6.77. The van der Waals surface area contributed by atoms with Crippen molar-refractivity contribution in [2.75, 3.05) is 7.11 Å². The van der Waals surface area contributed by atoms with E-state index in [0.29, 0.717) is 5.75 Å². The van der Waals surface area contributed by atoms with Gasteiger partial charge in [0.15, 0.2) is 11.5 Å². The SMILES string of the molecule is C=CCc1ccc(O)c(OC)c1.CC=CCCCC. The van der Waals surface area contributed by atoms with Gasteiger partial charge in [-0.05, 0) is 37.5 Å². The van der Waals surface area contributed by atoms with Crippen molar-refractivity contribution in [2.24, 2.45) is 0 Å². The summed E-state index contributed by atoms with van der Waals surface area (Å²) in [4.78, 5) is 0. The number of phenols is 1. The topological polar surface area (TPSA) is 29.5 Å². The Hall–Kier alpha value is -1.70. The molecule has 0 aliphatic heterocycles. The van der Waals surface area contributed by atoms with Crippen LogP contribution in [-0.4, -0.2) is 12.2 Å². The fourth-order valence-corrected chi connectivity index (χ4v) is 1.50. The Morgan fingerprint density at radius 2 is 2.11 bits per heavy atom. The molecular formula is C17H26O2. The van der Waals surface area contributed by atoms with E-state index in [2.05, 4.69) is 32.6 Å². The number of aromatic hydroxyl groups is 1. The number of benzene rings is 1. The minimum absolute atomic E-state index is 0.172. The van der Waals surface area contributed by atoms with Crippen LogP contribution in [0.4, 0.5) is 0 Å². The van der Waals surface area contributed by atoms with Crippen molar-refractivity contribution >= 4 is 0 Å². The second-order valence-electron chi connectivity index (χ2n) is 4.21. The first-order chi connectivity index (χ1) is 9.19. The highest BCUT2D eigenvalue weighted by atomic mass is 16.5. The van der Waals surface area contributed by atoms with Crippen molar-refractivity contribution in [1.29, 1.82) is 0 Å². The van der Waals surface area contributed by atoms with E-state index >= 15 is 0 Å². The lowest BCUT2D eigenvalue weighted by Gasteiger charge is -2.04. The summed E-state index contributed by atoms with van der Waals surface area (Å²) in [6.45, 7) is 7.91. The third kappa shape index (κ3) is 8.09.